The van der Waals surface area contributed by atoms with Crippen molar-refractivity contribution in [3.8, 4) is 0 Å². The first-order chi connectivity index (χ1) is 12.9. The quantitative estimate of drug-likeness (QED) is 0.748. The molecule has 1 aliphatic heterocycles. The maximum absolute atomic E-state index is 12.7. The molecule has 138 valence electrons. The molecular formula is C21H20N2O3S. The lowest BCUT2D eigenvalue weighted by molar-refractivity contribution is 0.102. The largest absolute Gasteiger partial charge is 0.322 e. The van der Waals surface area contributed by atoms with E-state index in [1.54, 1.807) is 18.2 Å². The number of carbonyl (C=O) groups excluding carboxylic acids is 1. The smallest absolute Gasteiger partial charge is 0.255 e. The lowest BCUT2D eigenvalue weighted by Crippen LogP contribution is -2.25. The summed E-state index contributed by atoms with van der Waals surface area (Å²) in [5, 5.41) is 5.00. The van der Waals surface area contributed by atoms with E-state index in [0.717, 1.165) is 16.3 Å². The number of hydrogen-bond acceptors (Lipinski definition) is 3. The van der Waals surface area contributed by atoms with Crippen LogP contribution in [-0.4, -0.2) is 26.6 Å². The number of fused-ring (bicyclic) bond motifs is 1. The van der Waals surface area contributed by atoms with E-state index in [2.05, 4.69) is 5.32 Å². The zero-order chi connectivity index (χ0) is 19.0. The van der Waals surface area contributed by atoms with Crippen molar-refractivity contribution in [1.29, 1.82) is 0 Å². The van der Waals surface area contributed by atoms with Crippen molar-refractivity contribution < 1.29 is 13.2 Å². The van der Waals surface area contributed by atoms with Gasteiger partial charge < -0.3 is 5.32 Å². The number of anilines is 2. The zero-order valence-electron chi connectivity index (χ0n) is 15.0. The van der Waals surface area contributed by atoms with Gasteiger partial charge in [-0.15, -0.1) is 0 Å². The standard InChI is InChI=1S/C21H20N2O3S/c1-15-7-10-19(23-11-4-12-27(23,25)26)14-20(15)22-21(24)18-9-8-16-5-2-3-6-17(16)13-18/h2-3,5-10,13-14H,4,11-12H2,1H3,(H,22,24). The number of benzene rings is 3. The van der Waals surface area contributed by atoms with Crippen LogP contribution in [0.2, 0.25) is 0 Å². The molecule has 0 unspecified atom stereocenters. The average Bonchev–Trinajstić information content (AvgIpc) is 3.02. The van der Waals surface area contributed by atoms with Crippen LogP contribution in [0.3, 0.4) is 0 Å². The minimum Gasteiger partial charge on any atom is -0.322 e. The number of carbonyl (C=O) groups is 1. The van der Waals surface area contributed by atoms with Gasteiger partial charge in [0.25, 0.3) is 5.91 Å². The molecule has 1 amide bonds. The molecule has 1 heterocycles. The zero-order valence-corrected chi connectivity index (χ0v) is 15.8. The van der Waals surface area contributed by atoms with Gasteiger partial charge in [0, 0.05) is 17.8 Å². The van der Waals surface area contributed by atoms with Crippen molar-refractivity contribution in [3.05, 3.63) is 71.8 Å². The molecule has 4 rings (SSSR count). The van der Waals surface area contributed by atoms with Gasteiger partial charge in [0.2, 0.25) is 10.0 Å². The Bertz CT molecular complexity index is 1140. The molecule has 0 atom stereocenters. The van der Waals surface area contributed by atoms with Crippen molar-refractivity contribution in [2.45, 2.75) is 13.3 Å². The summed E-state index contributed by atoms with van der Waals surface area (Å²) >= 11 is 0. The number of aryl methyl sites for hydroxylation is 1. The van der Waals surface area contributed by atoms with Crippen LogP contribution in [0.1, 0.15) is 22.3 Å². The van der Waals surface area contributed by atoms with Gasteiger partial charge >= 0.3 is 0 Å². The Kier molecular flexibility index (Phi) is 4.36. The first-order valence-corrected chi connectivity index (χ1v) is 10.5. The molecule has 27 heavy (non-hydrogen) atoms. The minimum atomic E-state index is -3.25. The molecule has 0 radical (unpaired) electrons. The Labute approximate surface area is 158 Å². The second kappa shape index (κ2) is 6.70. The number of sulfonamides is 1. The number of nitrogens with one attached hydrogen (secondary N) is 1. The van der Waals surface area contributed by atoms with Crippen molar-refractivity contribution in [1.82, 2.24) is 0 Å². The van der Waals surface area contributed by atoms with Crippen molar-refractivity contribution in [3.63, 3.8) is 0 Å². The lowest BCUT2D eigenvalue weighted by atomic mass is 10.1. The van der Waals surface area contributed by atoms with Gasteiger partial charge in [-0.1, -0.05) is 36.4 Å². The van der Waals surface area contributed by atoms with E-state index < -0.39 is 10.0 Å². The SMILES string of the molecule is Cc1ccc(N2CCCS2(=O)=O)cc1NC(=O)c1ccc2ccccc2c1. The van der Waals surface area contributed by atoms with Gasteiger partial charge in [0.05, 0.1) is 11.4 Å². The van der Waals surface area contributed by atoms with Crippen molar-refractivity contribution >= 4 is 38.1 Å². The maximum Gasteiger partial charge on any atom is 0.255 e. The van der Waals surface area contributed by atoms with Crippen LogP contribution in [0, 0.1) is 6.92 Å². The van der Waals surface area contributed by atoms with Gasteiger partial charge in [-0.05, 0) is 53.9 Å². The summed E-state index contributed by atoms with van der Waals surface area (Å²) < 4.78 is 25.7. The summed E-state index contributed by atoms with van der Waals surface area (Å²) in [4.78, 5) is 12.7. The van der Waals surface area contributed by atoms with E-state index >= 15 is 0 Å². The summed E-state index contributed by atoms with van der Waals surface area (Å²) in [6, 6.07) is 18.8. The third kappa shape index (κ3) is 3.40. The van der Waals surface area contributed by atoms with E-state index in [1.165, 1.54) is 4.31 Å². The number of nitrogens with zero attached hydrogens (tertiary/aromatic N) is 1. The van der Waals surface area contributed by atoms with E-state index in [4.69, 9.17) is 0 Å². The van der Waals surface area contributed by atoms with E-state index in [1.807, 2.05) is 49.4 Å². The molecule has 3 aromatic rings. The molecule has 1 saturated heterocycles. The van der Waals surface area contributed by atoms with E-state index in [9.17, 15) is 13.2 Å². The van der Waals surface area contributed by atoms with E-state index in [0.29, 0.717) is 29.9 Å². The summed E-state index contributed by atoms with van der Waals surface area (Å²) in [6.07, 6.45) is 0.620. The van der Waals surface area contributed by atoms with E-state index in [-0.39, 0.29) is 11.7 Å². The Morgan fingerprint density at radius 1 is 1.00 bits per heavy atom. The molecule has 1 N–H and O–H groups in total. The van der Waals surface area contributed by atoms with Gasteiger partial charge in [0.15, 0.2) is 0 Å². The Balaban J connectivity index is 1.63. The van der Waals surface area contributed by atoms with Crippen LogP contribution in [0.5, 0.6) is 0 Å². The second-order valence-electron chi connectivity index (χ2n) is 6.76. The monoisotopic (exact) mass is 380 g/mol. The topological polar surface area (TPSA) is 66.5 Å². The summed E-state index contributed by atoms with van der Waals surface area (Å²) in [6.45, 7) is 2.36. The van der Waals surface area contributed by atoms with Gasteiger partial charge in [-0.3, -0.25) is 9.10 Å². The first kappa shape index (κ1) is 17.5. The van der Waals surface area contributed by atoms with Gasteiger partial charge in [0.1, 0.15) is 0 Å². The Morgan fingerprint density at radius 3 is 2.52 bits per heavy atom. The third-order valence-corrected chi connectivity index (χ3v) is 6.74. The van der Waals surface area contributed by atoms with Crippen LogP contribution in [0.4, 0.5) is 11.4 Å². The molecule has 5 nitrogen and oxygen atoms in total. The molecule has 0 aromatic heterocycles. The minimum absolute atomic E-state index is 0.166. The Hall–Kier alpha value is -2.86. The maximum atomic E-state index is 12.7. The predicted molar refractivity (Wildman–Crippen MR) is 109 cm³/mol. The van der Waals surface area contributed by atoms with Crippen LogP contribution in [-0.2, 0) is 10.0 Å². The van der Waals surface area contributed by atoms with Crippen LogP contribution >= 0.6 is 0 Å². The van der Waals surface area contributed by atoms with Crippen LogP contribution in [0.25, 0.3) is 10.8 Å². The fraction of sp³-hybridized carbons (Fsp3) is 0.190. The highest BCUT2D eigenvalue weighted by molar-refractivity contribution is 7.93. The normalized spacial score (nSPS) is 15.8. The second-order valence-corrected chi connectivity index (χ2v) is 8.77. The van der Waals surface area contributed by atoms with Crippen LogP contribution in [0.15, 0.2) is 60.7 Å². The summed E-state index contributed by atoms with van der Waals surface area (Å²) in [5.41, 5.74) is 2.65. The molecule has 0 saturated carbocycles. The fourth-order valence-corrected chi connectivity index (χ4v) is 4.91. The third-order valence-electron chi connectivity index (χ3n) is 4.87. The first-order valence-electron chi connectivity index (χ1n) is 8.85. The summed E-state index contributed by atoms with van der Waals surface area (Å²) in [7, 11) is -3.25. The molecular weight excluding hydrogens is 360 g/mol. The van der Waals surface area contributed by atoms with Crippen molar-refractivity contribution in [2.75, 3.05) is 21.9 Å². The fourth-order valence-electron chi connectivity index (χ4n) is 3.35. The molecule has 1 aliphatic rings. The lowest BCUT2D eigenvalue weighted by Gasteiger charge is -2.19. The molecule has 1 fully saturated rings. The van der Waals surface area contributed by atoms with Gasteiger partial charge in [-0.25, -0.2) is 8.42 Å². The molecule has 0 aliphatic carbocycles. The molecule has 6 heteroatoms. The van der Waals surface area contributed by atoms with Crippen LogP contribution < -0.4 is 9.62 Å². The predicted octanol–water partition coefficient (Wildman–Crippen LogP) is 3.94. The number of rotatable bonds is 3. The molecule has 0 bridgehead atoms. The summed E-state index contributed by atoms with van der Waals surface area (Å²) in [5.74, 6) is -0.0510. The highest BCUT2D eigenvalue weighted by Crippen LogP contribution is 2.29. The molecule has 0 spiro atoms. The highest BCUT2D eigenvalue weighted by Gasteiger charge is 2.28. The highest BCUT2D eigenvalue weighted by atomic mass is 32.2. The average molecular weight is 380 g/mol. The number of amides is 1. The molecule has 3 aromatic carbocycles. The number of hydrogen-bond donors (Lipinski definition) is 1. The Morgan fingerprint density at radius 2 is 1.78 bits per heavy atom. The van der Waals surface area contributed by atoms with Crippen molar-refractivity contribution in [2.24, 2.45) is 0 Å². The van der Waals surface area contributed by atoms with Gasteiger partial charge in [-0.2, -0.15) is 0 Å².